The highest BCUT2D eigenvalue weighted by Crippen LogP contribution is 2.36. The van der Waals surface area contributed by atoms with E-state index in [2.05, 4.69) is 0 Å². The van der Waals surface area contributed by atoms with Crippen LogP contribution in [0.4, 0.5) is 23.7 Å². The number of anilines is 1. The maximum Gasteiger partial charge on any atom is 0.416 e. The van der Waals surface area contributed by atoms with Gasteiger partial charge in [-0.2, -0.15) is 13.2 Å². The van der Waals surface area contributed by atoms with Gasteiger partial charge in [0.15, 0.2) is 0 Å². The second kappa shape index (κ2) is 8.81. The number of carbonyl (C=O) groups excluding carboxylic acids is 3. The van der Waals surface area contributed by atoms with Crippen molar-refractivity contribution >= 4 is 41.2 Å². The fourth-order valence-electron chi connectivity index (χ4n) is 2.78. The Balaban J connectivity index is 1.97. The summed E-state index contributed by atoms with van der Waals surface area (Å²) in [6.07, 6.45) is -2.67. The minimum Gasteiger partial charge on any atom is -0.494 e. The summed E-state index contributed by atoms with van der Waals surface area (Å²) in [7, 11) is 0. The smallest absolute Gasteiger partial charge is 0.416 e. The van der Waals surface area contributed by atoms with Crippen molar-refractivity contribution in [2.75, 3.05) is 11.5 Å². The molecule has 0 aromatic heterocycles. The number of nitrogens with zero attached hydrogens (tertiary/aromatic N) is 1. The van der Waals surface area contributed by atoms with Gasteiger partial charge in [-0.25, -0.2) is 9.69 Å². The van der Waals surface area contributed by atoms with E-state index in [1.54, 1.807) is 24.3 Å². The average Bonchev–Trinajstić information content (AvgIpc) is 2.70. The van der Waals surface area contributed by atoms with Gasteiger partial charge in [-0.1, -0.05) is 30.7 Å². The lowest BCUT2D eigenvalue weighted by atomic mass is 10.1. The molecule has 0 unspecified atom stereocenters. The zero-order chi connectivity index (χ0) is 22.8. The summed E-state index contributed by atoms with van der Waals surface area (Å²) in [5.41, 5.74) is -1.57. The van der Waals surface area contributed by atoms with Crippen LogP contribution in [0.15, 0.2) is 48.0 Å². The van der Waals surface area contributed by atoms with Crippen molar-refractivity contribution in [3.63, 3.8) is 0 Å². The molecule has 1 heterocycles. The minimum atomic E-state index is -4.72. The van der Waals surface area contributed by atoms with Crippen LogP contribution >= 0.6 is 11.6 Å². The van der Waals surface area contributed by atoms with Crippen molar-refractivity contribution in [2.45, 2.75) is 19.5 Å². The van der Waals surface area contributed by atoms with E-state index >= 15 is 0 Å². The Bertz CT molecular complexity index is 1070. The van der Waals surface area contributed by atoms with Crippen molar-refractivity contribution in [2.24, 2.45) is 0 Å². The molecular weight excluding hydrogens is 437 g/mol. The Morgan fingerprint density at radius 1 is 1.10 bits per heavy atom. The van der Waals surface area contributed by atoms with Crippen LogP contribution in [0.25, 0.3) is 6.08 Å². The zero-order valence-corrected chi connectivity index (χ0v) is 16.9. The van der Waals surface area contributed by atoms with Gasteiger partial charge in [-0.15, -0.1) is 0 Å². The van der Waals surface area contributed by atoms with E-state index in [1.807, 2.05) is 12.2 Å². The van der Waals surface area contributed by atoms with E-state index in [1.165, 1.54) is 6.08 Å². The predicted molar refractivity (Wildman–Crippen MR) is 108 cm³/mol. The first-order chi connectivity index (χ1) is 14.6. The third-order valence-electron chi connectivity index (χ3n) is 4.28. The summed E-state index contributed by atoms with van der Waals surface area (Å²) in [5, 5.41) is 1.69. The van der Waals surface area contributed by atoms with Crippen molar-refractivity contribution in [3.05, 3.63) is 64.2 Å². The summed E-state index contributed by atoms with van der Waals surface area (Å²) in [4.78, 5) is 37.8. The van der Waals surface area contributed by atoms with Gasteiger partial charge in [0.05, 0.1) is 22.9 Å². The van der Waals surface area contributed by atoms with Crippen LogP contribution in [-0.4, -0.2) is 24.5 Å². The molecule has 10 heteroatoms. The number of benzene rings is 2. The molecule has 3 rings (SSSR count). The number of rotatable bonds is 5. The monoisotopic (exact) mass is 452 g/mol. The topological polar surface area (TPSA) is 75.7 Å². The number of urea groups is 1. The number of ether oxygens (including phenoxy) is 1. The van der Waals surface area contributed by atoms with Crippen LogP contribution in [0.2, 0.25) is 5.02 Å². The van der Waals surface area contributed by atoms with Crippen molar-refractivity contribution in [1.29, 1.82) is 0 Å². The first-order valence-corrected chi connectivity index (χ1v) is 9.50. The van der Waals surface area contributed by atoms with Gasteiger partial charge in [0.2, 0.25) is 0 Å². The standard InChI is InChI=1S/C21H16ClF3N2O4/c1-2-9-31-14-6-3-12(4-7-14)10-15-18(28)26-20(30)27(19(15)29)17-11-13(21(23,24)25)5-8-16(17)22/h3-8,10-11H,2,9H2,1H3,(H,26,28,30)/b15-10-. The van der Waals surface area contributed by atoms with Gasteiger partial charge in [0, 0.05) is 0 Å². The van der Waals surface area contributed by atoms with Gasteiger partial charge in [-0.3, -0.25) is 14.9 Å². The van der Waals surface area contributed by atoms with Gasteiger partial charge in [-0.05, 0) is 48.4 Å². The number of alkyl halides is 3. The first kappa shape index (κ1) is 22.4. The molecule has 1 fully saturated rings. The Labute approximate surface area is 180 Å². The second-order valence-electron chi connectivity index (χ2n) is 6.54. The fraction of sp³-hybridized carbons (Fsp3) is 0.190. The molecule has 1 saturated heterocycles. The van der Waals surface area contributed by atoms with E-state index in [4.69, 9.17) is 16.3 Å². The van der Waals surface area contributed by atoms with E-state index in [0.717, 1.165) is 18.6 Å². The highest BCUT2D eigenvalue weighted by molar-refractivity contribution is 6.42. The first-order valence-electron chi connectivity index (χ1n) is 9.13. The fourth-order valence-corrected chi connectivity index (χ4v) is 2.99. The van der Waals surface area contributed by atoms with Gasteiger partial charge >= 0.3 is 12.2 Å². The zero-order valence-electron chi connectivity index (χ0n) is 16.1. The average molecular weight is 453 g/mol. The summed E-state index contributed by atoms with van der Waals surface area (Å²) in [5.74, 6) is -1.47. The molecule has 2 aromatic rings. The van der Waals surface area contributed by atoms with Crippen LogP contribution in [0.1, 0.15) is 24.5 Å². The third kappa shape index (κ3) is 4.88. The number of nitrogens with one attached hydrogen (secondary N) is 1. The summed E-state index contributed by atoms with van der Waals surface area (Å²) >= 11 is 5.95. The SMILES string of the molecule is CCCOc1ccc(/C=C2/C(=O)NC(=O)N(c3cc(C(F)(F)F)ccc3Cl)C2=O)cc1. The highest BCUT2D eigenvalue weighted by atomic mass is 35.5. The van der Waals surface area contributed by atoms with E-state index < -0.39 is 40.8 Å². The molecule has 2 aromatic carbocycles. The van der Waals surface area contributed by atoms with Crippen LogP contribution in [0, 0.1) is 0 Å². The molecule has 162 valence electrons. The van der Waals surface area contributed by atoms with E-state index in [0.29, 0.717) is 28.9 Å². The predicted octanol–water partition coefficient (Wildman–Crippen LogP) is 4.81. The Kier molecular flexibility index (Phi) is 6.35. The van der Waals surface area contributed by atoms with Gasteiger partial charge in [0.1, 0.15) is 11.3 Å². The van der Waals surface area contributed by atoms with Crippen LogP contribution in [-0.2, 0) is 15.8 Å². The molecular formula is C21H16ClF3N2O4. The van der Waals surface area contributed by atoms with Crippen molar-refractivity contribution in [1.82, 2.24) is 5.32 Å². The number of carbonyl (C=O) groups is 3. The highest BCUT2D eigenvalue weighted by Gasteiger charge is 2.39. The minimum absolute atomic E-state index is 0.261. The van der Waals surface area contributed by atoms with E-state index in [-0.39, 0.29) is 5.02 Å². The van der Waals surface area contributed by atoms with Gasteiger partial charge < -0.3 is 4.74 Å². The molecule has 6 nitrogen and oxygen atoms in total. The lowest BCUT2D eigenvalue weighted by molar-refractivity contribution is -0.137. The maximum atomic E-state index is 13.1. The number of halogens is 4. The largest absolute Gasteiger partial charge is 0.494 e. The quantitative estimate of drug-likeness (QED) is 0.521. The Morgan fingerprint density at radius 2 is 1.77 bits per heavy atom. The number of imide groups is 2. The normalized spacial score (nSPS) is 16.0. The third-order valence-corrected chi connectivity index (χ3v) is 4.60. The van der Waals surface area contributed by atoms with Crippen LogP contribution < -0.4 is 15.0 Å². The van der Waals surface area contributed by atoms with Crippen molar-refractivity contribution in [3.8, 4) is 5.75 Å². The number of barbiturate groups is 1. The Morgan fingerprint density at radius 3 is 2.39 bits per heavy atom. The second-order valence-corrected chi connectivity index (χ2v) is 6.95. The van der Waals surface area contributed by atoms with E-state index in [9.17, 15) is 27.6 Å². The summed E-state index contributed by atoms with van der Waals surface area (Å²) in [6, 6.07) is 7.49. The molecule has 1 aliphatic rings. The molecule has 0 aliphatic carbocycles. The van der Waals surface area contributed by atoms with Crippen molar-refractivity contribution < 1.29 is 32.3 Å². The molecule has 1 N–H and O–H groups in total. The molecule has 0 spiro atoms. The van der Waals surface area contributed by atoms with Gasteiger partial charge in [0.25, 0.3) is 11.8 Å². The van der Waals surface area contributed by atoms with Crippen LogP contribution in [0.3, 0.4) is 0 Å². The molecule has 31 heavy (non-hydrogen) atoms. The molecule has 0 bridgehead atoms. The summed E-state index contributed by atoms with van der Waals surface area (Å²) in [6.45, 7) is 2.48. The maximum absolute atomic E-state index is 13.1. The molecule has 1 aliphatic heterocycles. The lowest BCUT2D eigenvalue weighted by Crippen LogP contribution is -2.54. The summed E-state index contributed by atoms with van der Waals surface area (Å²) < 4.78 is 44.7. The Hall–Kier alpha value is -3.33. The molecule has 0 atom stereocenters. The number of amides is 4. The number of hydrogen-bond donors (Lipinski definition) is 1. The lowest BCUT2D eigenvalue weighted by Gasteiger charge is -2.27. The molecule has 0 radical (unpaired) electrons. The molecule has 0 saturated carbocycles. The molecule has 4 amide bonds. The van der Waals surface area contributed by atoms with Crippen LogP contribution in [0.5, 0.6) is 5.75 Å². The number of hydrogen-bond acceptors (Lipinski definition) is 4.